The number of furan rings is 1. The van der Waals surface area contributed by atoms with E-state index in [9.17, 15) is 4.79 Å². The second-order valence-corrected chi connectivity index (χ2v) is 6.07. The average Bonchev–Trinajstić information content (AvgIpc) is 3.28. The zero-order chi connectivity index (χ0) is 18.5. The fourth-order valence-electron chi connectivity index (χ4n) is 2.89. The molecule has 0 unspecified atom stereocenters. The van der Waals surface area contributed by atoms with Gasteiger partial charge in [0.05, 0.1) is 24.7 Å². The molecule has 138 valence electrons. The van der Waals surface area contributed by atoms with Gasteiger partial charge >= 0.3 is 0 Å². The number of hydrogen-bond donors (Lipinski definition) is 1. The molecule has 0 radical (unpaired) electrons. The molecule has 1 fully saturated rings. The summed E-state index contributed by atoms with van der Waals surface area (Å²) in [6, 6.07) is 9.14. The number of pyridine rings is 1. The van der Waals surface area contributed by atoms with Gasteiger partial charge in [-0.1, -0.05) is 6.07 Å². The Morgan fingerprint density at radius 2 is 2.04 bits per heavy atom. The van der Waals surface area contributed by atoms with Crippen molar-refractivity contribution in [3.8, 4) is 0 Å². The van der Waals surface area contributed by atoms with E-state index in [4.69, 9.17) is 4.42 Å². The summed E-state index contributed by atoms with van der Waals surface area (Å²) in [5, 5.41) is 11.2. The molecule has 0 aliphatic carbocycles. The highest BCUT2D eigenvalue weighted by atomic mass is 16.3. The second kappa shape index (κ2) is 7.81. The van der Waals surface area contributed by atoms with Crippen molar-refractivity contribution in [2.24, 2.45) is 0 Å². The third kappa shape index (κ3) is 4.02. The molecule has 1 amide bonds. The van der Waals surface area contributed by atoms with E-state index in [1.165, 1.54) is 6.26 Å². The lowest BCUT2D eigenvalue weighted by atomic mass is 10.3. The molecule has 3 aromatic heterocycles. The Bertz CT molecular complexity index is 878. The second-order valence-electron chi connectivity index (χ2n) is 6.07. The average molecular weight is 365 g/mol. The highest BCUT2D eigenvalue weighted by molar-refractivity contribution is 5.91. The molecule has 1 saturated heterocycles. The minimum Gasteiger partial charge on any atom is -0.459 e. The first-order valence-electron chi connectivity index (χ1n) is 8.71. The molecule has 4 rings (SSSR count). The topological polar surface area (TPSA) is 100 Å². The largest absolute Gasteiger partial charge is 0.459 e. The number of nitrogens with zero attached hydrogens (tertiary/aromatic N) is 6. The van der Waals surface area contributed by atoms with Gasteiger partial charge in [-0.2, -0.15) is 10.1 Å². The number of rotatable bonds is 5. The van der Waals surface area contributed by atoms with Crippen LogP contribution >= 0.6 is 0 Å². The number of amides is 1. The van der Waals surface area contributed by atoms with E-state index < -0.39 is 0 Å². The van der Waals surface area contributed by atoms with Crippen molar-refractivity contribution in [1.82, 2.24) is 25.1 Å². The van der Waals surface area contributed by atoms with E-state index in [0.29, 0.717) is 44.4 Å². The summed E-state index contributed by atoms with van der Waals surface area (Å²) in [4.78, 5) is 25.0. The van der Waals surface area contributed by atoms with Crippen LogP contribution in [0.2, 0.25) is 0 Å². The quantitative estimate of drug-likeness (QED) is 0.725. The van der Waals surface area contributed by atoms with Gasteiger partial charge in [-0.25, -0.2) is 0 Å². The molecule has 0 aromatic carbocycles. The molecule has 27 heavy (non-hydrogen) atoms. The summed E-state index contributed by atoms with van der Waals surface area (Å²) in [5.41, 5.74) is 0.900. The van der Waals surface area contributed by atoms with E-state index in [0.717, 1.165) is 11.5 Å². The number of carbonyl (C=O) groups excluding carboxylic acids is 1. The van der Waals surface area contributed by atoms with Crippen LogP contribution < -0.4 is 10.2 Å². The van der Waals surface area contributed by atoms with Crippen LogP contribution in [-0.2, 0) is 6.54 Å². The van der Waals surface area contributed by atoms with Gasteiger partial charge in [0.2, 0.25) is 5.95 Å². The van der Waals surface area contributed by atoms with Crippen molar-refractivity contribution in [3.05, 3.63) is 60.4 Å². The van der Waals surface area contributed by atoms with E-state index in [2.05, 4.69) is 30.4 Å². The maximum atomic E-state index is 12.3. The normalized spacial score (nSPS) is 14.2. The van der Waals surface area contributed by atoms with Crippen LogP contribution in [0.4, 0.5) is 11.8 Å². The lowest BCUT2D eigenvalue weighted by molar-refractivity contribution is 0.0714. The summed E-state index contributed by atoms with van der Waals surface area (Å²) < 4.78 is 5.19. The van der Waals surface area contributed by atoms with Gasteiger partial charge in [-0.05, 0) is 24.3 Å². The van der Waals surface area contributed by atoms with E-state index in [-0.39, 0.29) is 5.91 Å². The molecule has 9 heteroatoms. The number of anilines is 2. The van der Waals surface area contributed by atoms with Crippen LogP contribution in [0.3, 0.4) is 0 Å². The molecule has 0 saturated carbocycles. The van der Waals surface area contributed by atoms with Crippen molar-refractivity contribution in [3.63, 3.8) is 0 Å². The summed E-state index contributed by atoms with van der Waals surface area (Å²) in [5.74, 6) is 1.47. The maximum Gasteiger partial charge on any atom is 0.289 e. The Balaban J connectivity index is 1.35. The Kier molecular flexibility index (Phi) is 4.91. The van der Waals surface area contributed by atoms with Gasteiger partial charge in [0, 0.05) is 32.4 Å². The zero-order valence-corrected chi connectivity index (χ0v) is 14.7. The van der Waals surface area contributed by atoms with E-state index in [1.54, 1.807) is 29.4 Å². The number of piperazine rings is 1. The van der Waals surface area contributed by atoms with E-state index >= 15 is 0 Å². The van der Waals surface area contributed by atoms with Crippen molar-refractivity contribution >= 4 is 17.7 Å². The van der Waals surface area contributed by atoms with Crippen LogP contribution in [0.25, 0.3) is 0 Å². The van der Waals surface area contributed by atoms with Crippen molar-refractivity contribution < 1.29 is 9.21 Å². The first-order valence-corrected chi connectivity index (χ1v) is 8.71. The molecular formula is C18H19N7O2. The molecule has 0 atom stereocenters. The highest BCUT2D eigenvalue weighted by Gasteiger charge is 2.24. The fourth-order valence-corrected chi connectivity index (χ4v) is 2.89. The summed E-state index contributed by atoms with van der Waals surface area (Å²) in [7, 11) is 0. The van der Waals surface area contributed by atoms with Gasteiger partial charge in [0.15, 0.2) is 11.6 Å². The molecule has 3 aromatic rings. The SMILES string of the molecule is O=C(c1ccco1)N1CCN(c2cnnc(NCc3ccccn3)n2)CC1. The van der Waals surface area contributed by atoms with Crippen molar-refractivity contribution in [1.29, 1.82) is 0 Å². The molecule has 0 bridgehead atoms. The molecule has 1 N–H and O–H groups in total. The molecule has 9 nitrogen and oxygen atoms in total. The van der Waals surface area contributed by atoms with Gasteiger partial charge in [0.1, 0.15) is 0 Å². The van der Waals surface area contributed by atoms with Crippen LogP contribution in [0.5, 0.6) is 0 Å². The van der Waals surface area contributed by atoms with Crippen LogP contribution in [-0.4, -0.2) is 57.2 Å². The van der Waals surface area contributed by atoms with Crippen molar-refractivity contribution in [2.75, 3.05) is 36.4 Å². The number of hydrogen-bond acceptors (Lipinski definition) is 8. The van der Waals surface area contributed by atoms with E-state index in [1.807, 2.05) is 18.2 Å². The standard InChI is InChI=1S/C18H19N7O2/c26-17(15-5-3-11-27-15)25-9-7-24(8-10-25)16-13-21-23-18(22-16)20-12-14-4-1-2-6-19-14/h1-6,11,13H,7-10,12H2,(H,20,22,23). The van der Waals surface area contributed by atoms with Gasteiger partial charge in [0.25, 0.3) is 5.91 Å². The fraction of sp³-hybridized carbons (Fsp3) is 0.278. The summed E-state index contributed by atoms with van der Waals surface area (Å²) in [6.07, 6.45) is 4.89. The highest BCUT2D eigenvalue weighted by Crippen LogP contribution is 2.15. The molecule has 0 spiro atoms. The first kappa shape index (κ1) is 17.0. The predicted molar refractivity (Wildman–Crippen MR) is 98.2 cm³/mol. The van der Waals surface area contributed by atoms with Gasteiger partial charge in [-0.15, -0.1) is 5.10 Å². The minimum atomic E-state index is -0.0850. The molecule has 4 heterocycles. The Morgan fingerprint density at radius 3 is 2.78 bits per heavy atom. The lowest BCUT2D eigenvalue weighted by Crippen LogP contribution is -2.49. The molecule has 1 aliphatic heterocycles. The Morgan fingerprint density at radius 1 is 1.15 bits per heavy atom. The maximum absolute atomic E-state index is 12.3. The van der Waals surface area contributed by atoms with Crippen LogP contribution in [0.15, 0.2) is 53.4 Å². The summed E-state index contributed by atoms with van der Waals surface area (Å²) in [6.45, 7) is 3.06. The van der Waals surface area contributed by atoms with Gasteiger partial charge < -0.3 is 19.5 Å². The third-order valence-corrected chi connectivity index (χ3v) is 4.32. The minimum absolute atomic E-state index is 0.0850. The zero-order valence-electron chi connectivity index (χ0n) is 14.7. The lowest BCUT2D eigenvalue weighted by Gasteiger charge is -2.34. The van der Waals surface area contributed by atoms with Crippen LogP contribution in [0, 0.1) is 0 Å². The molecule has 1 aliphatic rings. The third-order valence-electron chi connectivity index (χ3n) is 4.32. The number of carbonyl (C=O) groups is 1. The number of nitrogens with one attached hydrogen (secondary N) is 1. The van der Waals surface area contributed by atoms with Crippen molar-refractivity contribution in [2.45, 2.75) is 6.54 Å². The summed E-state index contributed by atoms with van der Waals surface area (Å²) >= 11 is 0. The first-order chi connectivity index (χ1) is 13.3. The van der Waals surface area contributed by atoms with Gasteiger partial charge in [-0.3, -0.25) is 9.78 Å². The molecular weight excluding hydrogens is 346 g/mol. The monoisotopic (exact) mass is 365 g/mol. The Hall–Kier alpha value is -3.49. The number of aromatic nitrogens is 4. The Labute approximate surface area is 156 Å². The van der Waals surface area contributed by atoms with Crippen LogP contribution in [0.1, 0.15) is 16.2 Å². The predicted octanol–water partition coefficient (Wildman–Crippen LogP) is 1.43. The smallest absolute Gasteiger partial charge is 0.289 e.